The second-order valence-electron chi connectivity index (χ2n) is 13.4. The maximum atomic E-state index is 7.02. The van der Waals surface area contributed by atoms with E-state index in [0.29, 0.717) is 0 Å². The van der Waals surface area contributed by atoms with Gasteiger partial charge in [-0.15, -0.1) is 0 Å². The molecule has 50 heavy (non-hydrogen) atoms. The van der Waals surface area contributed by atoms with E-state index in [0.717, 1.165) is 68.4 Å². The van der Waals surface area contributed by atoms with Gasteiger partial charge < -0.3 is 13.7 Å². The predicted octanol–water partition coefficient (Wildman–Crippen LogP) is 13.7. The number of anilines is 3. The summed E-state index contributed by atoms with van der Waals surface area (Å²) in [4.78, 5) is 2.35. The fraction of sp³-hybridized carbons (Fsp3) is 0.106. The van der Waals surface area contributed by atoms with E-state index in [1.807, 2.05) is 12.1 Å². The number of hydrogen-bond acceptors (Lipinski definition) is 3. The predicted molar refractivity (Wildman–Crippen MR) is 208 cm³/mol. The number of para-hydroxylation sites is 2. The molecule has 10 rings (SSSR count). The van der Waals surface area contributed by atoms with Crippen LogP contribution in [0.1, 0.15) is 37.8 Å². The molecule has 0 atom stereocenters. The molecular weight excluding hydrogens is 611 g/mol. The van der Waals surface area contributed by atoms with Crippen molar-refractivity contribution in [3.05, 3.63) is 163 Å². The second kappa shape index (κ2) is 11.0. The van der Waals surface area contributed by atoms with Crippen LogP contribution in [-0.4, -0.2) is 0 Å². The fourth-order valence-corrected chi connectivity index (χ4v) is 8.81. The number of furan rings is 2. The first-order chi connectivity index (χ1) is 24.7. The Hall–Kier alpha value is -6.06. The molecular formula is C47H35NO2. The van der Waals surface area contributed by atoms with Crippen molar-refractivity contribution < 1.29 is 8.83 Å². The molecule has 0 N–H and O–H groups in total. The van der Waals surface area contributed by atoms with Crippen molar-refractivity contribution in [2.45, 2.75) is 32.1 Å². The van der Waals surface area contributed by atoms with Gasteiger partial charge in [0.2, 0.25) is 0 Å². The minimum Gasteiger partial charge on any atom is -0.456 e. The molecule has 3 nitrogen and oxygen atoms in total. The lowest BCUT2D eigenvalue weighted by molar-refractivity contribution is 0.494. The van der Waals surface area contributed by atoms with Crippen molar-refractivity contribution in [1.82, 2.24) is 0 Å². The van der Waals surface area contributed by atoms with Gasteiger partial charge in [-0.05, 0) is 88.7 Å². The monoisotopic (exact) mass is 645 g/mol. The van der Waals surface area contributed by atoms with Gasteiger partial charge in [0.05, 0.1) is 16.8 Å². The first-order valence-electron chi connectivity index (χ1n) is 17.6. The molecule has 240 valence electrons. The summed E-state index contributed by atoms with van der Waals surface area (Å²) in [7, 11) is 0. The van der Waals surface area contributed by atoms with Crippen molar-refractivity contribution in [2.24, 2.45) is 0 Å². The van der Waals surface area contributed by atoms with Gasteiger partial charge in [-0.1, -0.05) is 123 Å². The second-order valence-corrected chi connectivity index (χ2v) is 13.4. The Morgan fingerprint density at radius 3 is 1.98 bits per heavy atom. The van der Waals surface area contributed by atoms with Crippen LogP contribution >= 0.6 is 0 Å². The van der Waals surface area contributed by atoms with E-state index >= 15 is 0 Å². The molecule has 1 aliphatic rings. The molecule has 1 aliphatic carbocycles. The molecule has 0 amide bonds. The first-order valence-corrected chi connectivity index (χ1v) is 17.6. The summed E-state index contributed by atoms with van der Waals surface area (Å²) in [6, 6.07) is 54.1. The molecule has 0 fully saturated rings. The van der Waals surface area contributed by atoms with Crippen LogP contribution in [0.4, 0.5) is 17.1 Å². The van der Waals surface area contributed by atoms with Crippen molar-refractivity contribution in [1.29, 1.82) is 0 Å². The lowest BCUT2D eigenvalue weighted by Crippen LogP contribution is -2.23. The Morgan fingerprint density at radius 1 is 0.480 bits per heavy atom. The van der Waals surface area contributed by atoms with Crippen LogP contribution < -0.4 is 4.90 Å². The van der Waals surface area contributed by atoms with Gasteiger partial charge in [-0.2, -0.15) is 0 Å². The summed E-state index contributed by atoms with van der Waals surface area (Å²) >= 11 is 0. The summed E-state index contributed by atoms with van der Waals surface area (Å²) in [6.45, 7) is 4.66. The van der Waals surface area contributed by atoms with Gasteiger partial charge in [0.15, 0.2) is 5.58 Å². The average molecular weight is 646 g/mol. The first kappa shape index (κ1) is 28.9. The van der Waals surface area contributed by atoms with Crippen LogP contribution in [-0.2, 0) is 5.41 Å². The highest BCUT2D eigenvalue weighted by atomic mass is 16.3. The Kier molecular flexibility index (Phi) is 6.35. The maximum absolute atomic E-state index is 7.02. The Bertz CT molecular complexity index is 2730. The molecule has 3 heteroatoms. The molecule has 9 aromatic rings. The van der Waals surface area contributed by atoms with Crippen LogP contribution in [0.3, 0.4) is 0 Å². The minimum absolute atomic E-state index is 0.0769. The van der Waals surface area contributed by atoms with Crippen molar-refractivity contribution in [3.8, 4) is 22.3 Å². The molecule has 0 bridgehead atoms. The number of benzene rings is 7. The molecule has 0 spiro atoms. The third kappa shape index (κ3) is 3.98. The van der Waals surface area contributed by atoms with E-state index < -0.39 is 0 Å². The highest BCUT2D eigenvalue weighted by molar-refractivity contribution is 6.17. The lowest BCUT2D eigenvalue weighted by Gasteiger charge is -2.30. The smallest absolute Gasteiger partial charge is 0.159 e. The summed E-state index contributed by atoms with van der Waals surface area (Å²) in [5.74, 6) is 0. The van der Waals surface area contributed by atoms with Crippen molar-refractivity contribution in [3.63, 3.8) is 0 Å². The van der Waals surface area contributed by atoms with Gasteiger partial charge in [-0.3, -0.25) is 0 Å². The quantitative estimate of drug-likeness (QED) is 0.180. The SMILES string of the molecule is CCC1(CC)c2ccccc2-c2ccc3oc4c(N(c5ccc(-c6ccccc6)cc5)c5cccc6oc7ccccc7c56)cccc4c3c21. The zero-order chi connectivity index (χ0) is 33.4. The van der Waals surface area contributed by atoms with Gasteiger partial charge in [-0.25, -0.2) is 0 Å². The molecule has 0 radical (unpaired) electrons. The molecule has 7 aromatic carbocycles. The molecule has 2 aromatic heterocycles. The van der Waals surface area contributed by atoms with Crippen molar-refractivity contribution >= 4 is 60.9 Å². The molecule has 0 saturated heterocycles. The zero-order valence-corrected chi connectivity index (χ0v) is 28.1. The van der Waals surface area contributed by atoms with Gasteiger partial charge in [0.25, 0.3) is 0 Å². The minimum atomic E-state index is -0.0769. The van der Waals surface area contributed by atoms with Crippen molar-refractivity contribution in [2.75, 3.05) is 4.90 Å². The lowest BCUT2D eigenvalue weighted by atomic mass is 9.72. The number of rotatable bonds is 6. The summed E-state index contributed by atoms with van der Waals surface area (Å²) in [6.07, 6.45) is 2.04. The number of hydrogen-bond donors (Lipinski definition) is 0. The number of fused-ring (bicyclic) bond motifs is 10. The summed E-state index contributed by atoms with van der Waals surface area (Å²) in [5, 5.41) is 4.54. The van der Waals surface area contributed by atoms with E-state index in [4.69, 9.17) is 8.83 Å². The van der Waals surface area contributed by atoms with Crippen LogP contribution in [0.2, 0.25) is 0 Å². The van der Waals surface area contributed by atoms with Gasteiger partial charge in [0, 0.05) is 27.3 Å². The molecule has 0 saturated carbocycles. The van der Waals surface area contributed by atoms with Crippen LogP contribution in [0.25, 0.3) is 66.1 Å². The molecule has 2 heterocycles. The van der Waals surface area contributed by atoms with Crippen LogP contribution in [0.15, 0.2) is 160 Å². The van der Waals surface area contributed by atoms with E-state index in [1.54, 1.807) is 0 Å². The van der Waals surface area contributed by atoms with E-state index in [-0.39, 0.29) is 5.41 Å². The Labute approximate surface area is 291 Å². The average Bonchev–Trinajstić information content (AvgIpc) is 3.84. The third-order valence-electron chi connectivity index (χ3n) is 11.2. The topological polar surface area (TPSA) is 29.5 Å². The number of nitrogens with zero attached hydrogens (tertiary/aromatic N) is 1. The maximum Gasteiger partial charge on any atom is 0.159 e. The Balaban J connectivity index is 1.26. The highest BCUT2D eigenvalue weighted by Crippen LogP contribution is 2.57. The Morgan fingerprint density at radius 2 is 1.14 bits per heavy atom. The third-order valence-corrected chi connectivity index (χ3v) is 11.2. The molecule has 0 aliphatic heterocycles. The van der Waals surface area contributed by atoms with E-state index in [9.17, 15) is 0 Å². The fourth-order valence-electron chi connectivity index (χ4n) is 8.81. The van der Waals surface area contributed by atoms with Gasteiger partial charge >= 0.3 is 0 Å². The zero-order valence-electron chi connectivity index (χ0n) is 28.1. The summed E-state index contributed by atoms with van der Waals surface area (Å²) < 4.78 is 13.4. The van der Waals surface area contributed by atoms with Crippen LogP contribution in [0, 0.1) is 0 Å². The van der Waals surface area contributed by atoms with Gasteiger partial charge in [0.1, 0.15) is 16.7 Å². The van der Waals surface area contributed by atoms with Crippen LogP contribution in [0.5, 0.6) is 0 Å². The molecule has 0 unspecified atom stereocenters. The van der Waals surface area contributed by atoms with E-state index in [2.05, 4.69) is 158 Å². The highest BCUT2D eigenvalue weighted by Gasteiger charge is 2.42. The normalized spacial score (nSPS) is 13.3. The largest absolute Gasteiger partial charge is 0.456 e. The van der Waals surface area contributed by atoms with E-state index in [1.165, 1.54) is 38.8 Å². The standard InChI is InChI=1S/C47H35NO2/c1-3-47(4-2)37-19-10-8-16-33(37)34-28-29-42-44(45(34)47)36-18-12-21-39(46(36)50-42)48(32-26-24-31(25-27-32)30-14-6-5-7-15-30)38-20-13-23-41-43(38)35-17-9-11-22-40(35)49-41/h5-29H,3-4H2,1-2H3. The summed E-state index contributed by atoms with van der Waals surface area (Å²) in [5.41, 5.74) is 14.4.